The second-order valence-corrected chi connectivity index (χ2v) is 5.28. The third kappa shape index (κ3) is 6.02. The maximum absolute atomic E-state index is 10.0. The van der Waals surface area contributed by atoms with Crippen LogP contribution in [0.4, 0.5) is 0 Å². The number of aryl methyl sites for hydroxylation is 2. The molecule has 1 rings (SSSR count). The molecule has 0 aliphatic heterocycles. The lowest BCUT2D eigenvalue weighted by atomic mass is 9.99. The van der Waals surface area contributed by atoms with Gasteiger partial charge >= 0.3 is 0 Å². The second kappa shape index (κ2) is 8.10. The number of allylic oxidation sites excluding steroid dienone is 1. The molecule has 100 valence electrons. The van der Waals surface area contributed by atoms with Crippen LogP contribution in [0.1, 0.15) is 48.8 Å². The Bertz CT molecular complexity index is 348. The molecule has 0 saturated carbocycles. The zero-order valence-electron chi connectivity index (χ0n) is 11.8. The van der Waals surface area contributed by atoms with Gasteiger partial charge in [0.05, 0.1) is 6.10 Å². The fourth-order valence-corrected chi connectivity index (χ4v) is 2.41. The van der Waals surface area contributed by atoms with Crippen molar-refractivity contribution in [1.82, 2.24) is 0 Å². The molecule has 0 bridgehead atoms. The van der Waals surface area contributed by atoms with Crippen molar-refractivity contribution >= 4 is 0 Å². The fraction of sp³-hybridized carbons (Fsp3) is 0.529. The van der Waals surface area contributed by atoms with Crippen LogP contribution in [0.5, 0.6) is 0 Å². The van der Waals surface area contributed by atoms with Crippen molar-refractivity contribution in [2.75, 3.05) is 0 Å². The monoisotopic (exact) mass is 246 g/mol. The molecule has 0 heterocycles. The van der Waals surface area contributed by atoms with E-state index in [1.165, 1.54) is 29.5 Å². The number of aliphatic hydroxyl groups excluding tert-OH is 1. The van der Waals surface area contributed by atoms with E-state index in [1.807, 2.05) is 6.08 Å². The van der Waals surface area contributed by atoms with Gasteiger partial charge in [-0.3, -0.25) is 0 Å². The van der Waals surface area contributed by atoms with Crippen LogP contribution in [0, 0.1) is 13.8 Å². The summed E-state index contributed by atoms with van der Waals surface area (Å²) in [7, 11) is 0. The average molecular weight is 246 g/mol. The van der Waals surface area contributed by atoms with Gasteiger partial charge in [-0.05, 0) is 45.1 Å². The second-order valence-electron chi connectivity index (χ2n) is 5.28. The molecule has 1 unspecified atom stereocenters. The third-order valence-corrected chi connectivity index (χ3v) is 3.20. The van der Waals surface area contributed by atoms with E-state index in [1.54, 1.807) is 0 Å². The van der Waals surface area contributed by atoms with Crippen LogP contribution in [0.2, 0.25) is 0 Å². The van der Waals surface area contributed by atoms with E-state index in [4.69, 9.17) is 0 Å². The molecule has 0 aliphatic carbocycles. The summed E-state index contributed by atoms with van der Waals surface area (Å²) >= 11 is 0. The Morgan fingerprint density at radius 3 is 2.39 bits per heavy atom. The minimum absolute atomic E-state index is 0.199. The largest absolute Gasteiger partial charge is 0.393 e. The van der Waals surface area contributed by atoms with Crippen molar-refractivity contribution in [2.24, 2.45) is 0 Å². The summed E-state index contributed by atoms with van der Waals surface area (Å²) in [6.07, 6.45) is 8.04. The number of hydrogen-bond acceptors (Lipinski definition) is 1. The summed E-state index contributed by atoms with van der Waals surface area (Å²) in [5.41, 5.74) is 3.82. The van der Waals surface area contributed by atoms with E-state index in [2.05, 4.69) is 38.6 Å². The molecular formula is C17H26O. The molecular weight excluding hydrogens is 220 g/mol. The predicted molar refractivity (Wildman–Crippen MR) is 78.9 cm³/mol. The minimum atomic E-state index is -0.199. The Morgan fingerprint density at radius 1 is 1.11 bits per heavy atom. The standard InChI is InChI=1S/C17H26O/c1-4-5-6-7-8-9-17(18)13-16-11-14(2)10-15(3)12-16/h4,10-12,17-18H,1,5-9,13H2,2-3H3. The molecule has 0 amide bonds. The SMILES string of the molecule is C=CCCCCCC(O)Cc1cc(C)cc(C)c1. The molecule has 18 heavy (non-hydrogen) atoms. The summed E-state index contributed by atoms with van der Waals surface area (Å²) in [4.78, 5) is 0. The average Bonchev–Trinajstić information content (AvgIpc) is 2.27. The van der Waals surface area contributed by atoms with Gasteiger partial charge in [-0.25, -0.2) is 0 Å². The molecule has 1 heteroatoms. The van der Waals surface area contributed by atoms with Gasteiger partial charge in [0, 0.05) is 0 Å². The first kappa shape index (κ1) is 15.0. The van der Waals surface area contributed by atoms with Crippen molar-refractivity contribution in [2.45, 2.75) is 58.5 Å². The molecule has 1 N–H and O–H groups in total. The first-order chi connectivity index (χ1) is 8.61. The summed E-state index contributed by atoms with van der Waals surface area (Å²) in [6, 6.07) is 6.52. The lowest BCUT2D eigenvalue weighted by molar-refractivity contribution is 0.161. The molecule has 0 aromatic heterocycles. The van der Waals surface area contributed by atoms with Crippen molar-refractivity contribution in [3.05, 3.63) is 47.5 Å². The topological polar surface area (TPSA) is 20.2 Å². The Hall–Kier alpha value is -1.08. The summed E-state index contributed by atoms with van der Waals surface area (Å²) < 4.78 is 0. The lowest BCUT2D eigenvalue weighted by Crippen LogP contribution is -2.10. The van der Waals surface area contributed by atoms with E-state index in [0.29, 0.717) is 0 Å². The lowest BCUT2D eigenvalue weighted by Gasteiger charge is -2.11. The summed E-state index contributed by atoms with van der Waals surface area (Å²) in [6.45, 7) is 7.93. The van der Waals surface area contributed by atoms with E-state index < -0.39 is 0 Å². The Labute approximate surface area is 112 Å². The zero-order valence-corrected chi connectivity index (χ0v) is 11.8. The van der Waals surface area contributed by atoms with Crippen molar-refractivity contribution in [3.63, 3.8) is 0 Å². The molecule has 1 atom stereocenters. The van der Waals surface area contributed by atoms with Crippen LogP contribution in [-0.2, 0) is 6.42 Å². The molecule has 1 nitrogen and oxygen atoms in total. The van der Waals surface area contributed by atoms with Gasteiger partial charge in [0.2, 0.25) is 0 Å². The van der Waals surface area contributed by atoms with Crippen LogP contribution in [-0.4, -0.2) is 11.2 Å². The van der Waals surface area contributed by atoms with E-state index in [9.17, 15) is 5.11 Å². The third-order valence-electron chi connectivity index (χ3n) is 3.20. The number of aliphatic hydroxyl groups is 1. The zero-order chi connectivity index (χ0) is 13.4. The van der Waals surface area contributed by atoms with Gasteiger partial charge in [-0.2, -0.15) is 0 Å². The highest BCUT2D eigenvalue weighted by molar-refractivity contribution is 5.28. The van der Waals surface area contributed by atoms with Crippen molar-refractivity contribution < 1.29 is 5.11 Å². The van der Waals surface area contributed by atoms with Crippen molar-refractivity contribution in [1.29, 1.82) is 0 Å². The minimum Gasteiger partial charge on any atom is -0.393 e. The van der Waals surface area contributed by atoms with Crippen LogP contribution in [0.3, 0.4) is 0 Å². The molecule has 0 radical (unpaired) electrons. The maximum Gasteiger partial charge on any atom is 0.0580 e. The highest BCUT2D eigenvalue weighted by atomic mass is 16.3. The van der Waals surface area contributed by atoms with Crippen LogP contribution < -0.4 is 0 Å². The van der Waals surface area contributed by atoms with Crippen LogP contribution in [0.25, 0.3) is 0 Å². The van der Waals surface area contributed by atoms with Gasteiger partial charge in [0.25, 0.3) is 0 Å². The number of rotatable bonds is 8. The number of hydrogen-bond donors (Lipinski definition) is 1. The molecule has 0 fully saturated rings. The highest BCUT2D eigenvalue weighted by Crippen LogP contribution is 2.14. The predicted octanol–water partition coefficient (Wildman–Crippen LogP) is 4.34. The fourth-order valence-electron chi connectivity index (χ4n) is 2.41. The normalized spacial score (nSPS) is 12.4. The number of unbranched alkanes of at least 4 members (excludes halogenated alkanes) is 3. The highest BCUT2D eigenvalue weighted by Gasteiger charge is 2.06. The maximum atomic E-state index is 10.0. The van der Waals surface area contributed by atoms with Crippen LogP contribution >= 0.6 is 0 Å². The van der Waals surface area contributed by atoms with Crippen LogP contribution in [0.15, 0.2) is 30.9 Å². The smallest absolute Gasteiger partial charge is 0.0580 e. The van der Waals surface area contributed by atoms with E-state index in [-0.39, 0.29) is 6.10 Å². The first-order valence-electron chi connectivity index (χ1n) is 6.98. The van der Waals surface area contributed by atoms with Gasteiger partial charge < -0.3 is 5.11 Å². The van der Waals surface area contributed by atoms with Gasteiger partial charge in [-0.1, -0.05) is 48.2 Å². The quantitative estimate of drug-likeness (QED) is 0.534. The van der Waals surface area contributed by atoms with E-state index in [0.717, 1.165) is 25.7 Å². The van der Waals surface area contributed by atoms with E-state index >= 15 is 0 Å². The van der Waals surface area contributed by atoms with Gasteiger partial charge in [0.15, 0.2) is 0 Å². The van der Waals surface area contributed by atoms with Gasteiger partial charge in [0.1, 0.15) is 0 Å². The molecule has 0 saturated heterocycles. The summed E-state index contributed by atoms with van der Waals surface area (Å²) in [5.74, 6) is 0. The summed E-state index contributed by atoms with van der Waals surface area (Å²) in [5, 5.41) is 10.0. The molecule has 1 aromatic carbocycles. The first-order valence-corrected chi connectivity index (χ1v) is 6.98. The molecule has 0 aliphatic rings. The number of benzene rings is 1. The molecule has 0 spiro atoms. The Kier molecular flexibility index (Phi) is 6.74. The Balaban J connectivity index is 2.30. The van der Waals surface area contributed by atoms with Gasteiger partial charge in [-0.15, -0.1) is 6.58 Å². The molecule has 1 aromatic rings. The Morgan fingerprint density at radius 2 is 1.78 bits per heavy atom. The van der Waals surface area contributed by atoms with Crippen molar-refractivity contribution in [3.8, 4) is 0 Å².